The highest BCUT2D eigenvalue weighted by atomic mass is 32.1. The Hall–Kier alpha value is -3.04. The average molecular weight is 455 g/mol. The van der Waals surface area contributed by atoms with E-state index in [0.29, 0.717) is 27.6 Å². The van der Waals surface area contributed by atoms with E-state index in [2.05, 4.69) is 20.3 Å². The van der Waals surface area contributed by atoms with Gasteiger partial charge < -0.3 is 15.0 Å². The molecule has 3 aromatic heterocycles. The smallest absolute Gasteiger partial charge is 0.259 e. The van der Waals surface area contributed by atoms with E-state index < -0.39 is 0 Å². The molecular formula is C22H22N4O3S2. The minimum Gasteiger partial charge on any atom is -0.496 e. The molecule has 0 saturated heterocycles. The van der Waals surface area contributed by atoms with Crippen LogP contribution in [0.2, 0.25) is 0 Å². The van der Waals surface area contributed by atoms with Gasteiger partial charge in [-0.3, -0.25) is 9.59 Å². The molecule has 3 heterocycles. The summed E-state index contributed by atoms with van der Waals surface area (Å²) in [7, 11) is 1.62. The highest BCUT2D eigenvalue weighted by Crippen LogP contribution is 2.33. The Morgan fingerprint density at radius 2 is 2.03 bits per heavy atom. The third-order valence-corrected chi connectivity index (χ3v) is 6.92. The molecule has 0 spiro atoms. The summed E-state index contributed by atoms with van der Waals surface area (Å²) in [6.45, 7) is 5.90. The second-order valence-corrected chi connectivity index (χ2v) is 9.33. The summed E-state index contributed by atoms with van der Waals surface area (Å²) in [5.74, 6) is 1.06. The molecule has 0 atom stereocenters. The van der Waals surface area contributed by atoms with Crippen molar-refractivity contribution in [3.63, 3.8) is 0 Å². The highest BCUT2D eigenvalue weighted by Gasteiger charge is 2.14. The molecule has 0 aliphatic rings. The van der Waals surface area contributed by atoms with E-state index in [4.69, 9.17) is 4.74 Å². The van der Waals surface area contributed by atoms with Gasteiger partial charge in [-0.05, 0) is 38.5 Å². The Kier molecular flexibility index (Phi) is 5.88. The van der Waals surface area contributed by atoms with E-state index in [1.807, 2.05) is 44.4 Å². The fourth-order valence-electron chi connectivity index (χ4n) is 3.31. The van der Waals surface area contributed by atoms with Crippen LogP contribution in [0.4, 0.5) is 5.13 Å². The summed E-state index contributed by atoms with van der Waals surface area (Å²) >= 11 is 2.86. The molecule has 4 aromatic rings. The van der Waals surface area contributed by atoms with Crippen LogP contribution in [-0.4, -0.2) is 28.0 Å². The third-order valence-electron chi connectivity index (χ3n) is 5.06. The molecule has 1 aromatic carbocycles. The van der Waals surface area contributed by atoms with Crippen molar-refractivity contribution in [3.8, 4) is 17.0 Å². The van der Waals surface area contributed by atoms with Gasteiger partial charge in [-0.25, -0.2) is 9.97 Å². The van der Waals surface area contributed by atoms with Gasteiger partial charge in [0.2, 0.25) is 5.91 Å². The fourth-order valence-corrected chi connectivity index (χ4v) is 5.08. The Morgan fingerprint density at radius 3 is 2.81 bits per heavy atom. The van der Waals surface area contributed by atoms with Crippen molar-refractivity contribution in [2.24, 2.45) is 0 Å². The first-order valence-electron chi connectivity index (χ1n) is 9.75. The number of aromatic nitrogens is 3. The molecule has 160 valence electrons. The molecule has 0 aliphatic carbocycles. The molecule has 31 heavy (non-hydrogen) atoms. The monoisotopic (exact) mass is 454 g/mol. The zero-order valence-electron chi connectivity index (χ0n) is 17.7. The first kappa shape index (κ1) is 21.2. The van der Waals surface area contributed by atoms with Crippen molar-refractivity contribution in [2.75, 3.05) is 12.4 Å². The summed E-state index contributed by atoms with van der Waals surface area (Å²) in [6.07, 6.45) is 0.539. The SMILES string of the molecule is COc1ccc(C)cc1-c1csc(NC(=O)CCc2nc3sc(C)c(C)c3c(=O)[nH]2)n1. The van der Waals surface area contributed by atoms with E-state index in [1.54, 1.807) is 7.11 Å². The number of hydrogen-bond donors (Lipinski definition) is 2. The molecule has 2 N–H and O–H groups in total. The number of hydrogen-bond acceptors (Lipinski definition) is 7. The molecule has 0 bridgehead atoms. The summed E-state index contributed by atoms with van der Waals surface area (Å²) < 4.78 is 5.42. The lowest BCUT2D eigenvalue weighted by atomic mass is 10.1. The van der Waals surface area contributed by atoms with Crippen molar-refractivity contribution >= 4 is 43.9 Å². The number of H-pyrrole nitrogens is 1. The number of anilines is 1. The van der Waals surface area contributed by atoms with Crippen molar-refractivity contribution in [1.29, 1.82) is 0 Å². The van der Waals surface area contributed by atoms with Gasteiger partial charge in [0.05, 0.1) is 18.2 Å². The van der Waals surface area contributed by atoms with Crippen LogP contribution in [0.15, 0.2) is 28.4 Å². The van der Waals surface area contributed by atoms with Gasteiger partial charge >= 0.3 is 0 Å². The summed E-state index contributed by atoms with van der Waals surface area (Å²) in [4.78, 5) is 38.4. The number of carbonyl (C=O) groups excluding carboxylic acids is 1. The number of aryl methyl sites for hydroxylation is 4. The maximum Gasteiger partial charge on any atom is 0.259 e. The van der Waals surface area contributed by atoms with Gasteiger partial charge in [0, 0.05) is 28.7 Å². The lowest BCUT2D eigenvalue weighted by Gasteiger charge is -2.07. The van der Waals surface area contributed by atoms with Crippen LogP contribution < -0.4 is 15.6 Å². The van der Waals surface area contributed by atoms with Crippen molar-refractivity contribution in [1.82, 2.24) is 15.0 Å². The molecule has 7 nitrogen and oxygen atoms in total. The van der Waals surface area contributed by atoms with Crippen LogP contribution in [0.25, 0.3) is 21.5 Å². The number of fused-ring (bicyclic) bond motifs is 1. The van der Waals surface area contributed by atoms with Gasteiger partial charge in [0.15, 0.2) is 5.13 Å². The number of ether oxygens (including phenoxy) is 1. The maximum atomic E-state index is 12.4. The van der Waals surface area contributed by atoms with Crippen LogP contribution in [-0.2, 0) is 11.2 Å². The number of thiophene rings is 1. The fraction of sp³-hybridized carbons (Fsp3) is 0.273. The number of carbonyl (C=O) groups is 1. The van der Waals surface area contributed by atoms with E-state index in [0.717, 1.165) is 33.0 Å². The van der Waals surface area contributed by atoms with Crippen LogP contribution in [0.5, 0.6) is 5.75 Å². The molecule has 1 amide bonds. The summed E-state index contributed by atoms with van der Waals surface area (Å²) in [5, 5.41) is 5.88. The zero-order valence-corrected chi connectivity index (χ0v) is 19.3. The molecule has 0 saturated carbocycles. The first-order valence-corrected chi connectivity index (χ1v) is 11.4. The van der Waals surface area contributed by atoms with E-state index >= 15 is 0 Å². The van der Waals surface area contributed by atoms with Crippen LogP contribution in [0, 0.1) is 20.8 Å². The van der Waals surface area contributed by atoms with Crippen molar-refractivity contribution in [3.05, 3.63) is 55.8 Å². The van der Waals surface area contributed by atoms with Crippen LogP contribution in [0.1, 0.15) is 28.2 Å². The number of methoxy groups -OCH3 is 1. The Bertz CT molecular complexity index is 1340. The maximum absolute atomic E-state index is 12.4. The number of aromatic amines is 1. The van der Waals surface area contributed by atoms with E-state index in [1.165, 1.54) is 22.7 Å². The topological polar surface area (TPSA) is 97.0 Å². The van der Waals surface area contributed by atoms with Crippen LogP contribution in [0.3, 0.4) is 0 Å². The predicted molar refractivity (Wildman–Crippen MR) is 126 cm³/mol. The van der Waals surface area contributed by atoms with Crippen LogP contribution >= 0.6 is 22.7 Å². The zero-order chi connectivity index (χ0) is 22.1. The largest absolute Gasteiger partial charge is 0.496 e. The minimum absolute atomic E-state index is 0.154. The first-order chi connectivity index (χ1) is 14.9. The lowest BCUT2D eigenvalue weighted by molar-refractivity contribution is -0.116. The lowest BCUT2D eigenvalue weighted by Crippen LogP contribution is -2.16. The number of benzene rings is 1. The molecule has 0 aliphatic heterocycles. The molecule has 0 radical (unpaired) electrons. The Labute approximate surface area is 187 Å². The predicted octanol–water partition coefficient (Wildman–Crippen LogP) is 4.61. The quantitative estimate of drug-likeness (QED) is 0.443. The number of nitrogens with one attached hydrogen (secondary N) is 2. The highest BCUT2D eigenvalue weighted by molar-refractivity contribution is 7.18. The molecular weight excluding hydrogens is 432 g/mol. The van der Waals surface area contributed by atoms with Gasteiger partial charge in [0.1, 0.15) is 16.4 Å². The standard InChI is InChI=1S/C22H22N4O3S2/c1-11-5-6-16(29-4)14(9-11)15-10-30-22(23-15)26-18(27)8-7-17-24-20(28)19-12(2)13(3)31-21(19)25-17/h5-6,9-10H,7-8H2,1-4H3,(H,23,26,27)(H,24,25,28). The second kappa shape index (κ2) is 8.60. The van der Waals surface area contributed by atoms with Gasteiger partial charge in [0.25, 0.3) is 5.56 Å². The third kappa shape index (κ3) is 4.38. The number of nitrogens with zero attached hydrogens (tertiary/aromatic N) is 2. The van der Waals surface area contributed by atoms with Gasteiger partial charge in [-0.1, -0.05) is 11.6 Å². The number of amides is 1. The van der Waals surface area contributed by atoms with E-state index in [9.17, 15) is 9.59 Å². The second-order valence-electron chi connectivity index (χ2n) is 7.27. The normalized spacial score (nSPS) is 11.1. The van der Waals surface area contributed by atoms with Gasteiger partial charge in [-0.15, -0.1) is 22.7 Å². The van der Waals surface area contributed by atoms with E-state index in [-0.39, 0.29) is 17.9 Å². The Balaban J connectivity index is 1.44. The number of thiazole rings is 1. The van der Waals surface area contributed by atoms with Crippen molar-refractivity contribution in [2.45, 2.75) is 33.6 Å². The van der Waals surface area contributed by atoms with Crippen molar-refractivity contribution < 1.29 is 9.53 Å². The summed E-state index contributed by atoms with van der Waals surface area (Å²) in [6, 6.07) is 5.89. The molecule has 0 fully saturated rings. The van der Waals surface area contributed by atoms with Gasteiger partial charge in [-0.2, -0.15) is 0 Å². The summed E-state index contributed by atoms with van der Waals surface area (Å²) in [5.41, 5.74) is 3.54. The molecule has 4 rings (SSSR count). The minimum atomic E-state index is -0.182. The molecule has 9 heteroatoms. The Morgan fingerprint density at radius 1 is 1.23 bits per heavy atom. The average Bonchev–Trinajstić information content (AvgIpc) is 3.31. The number of rotatable bonds is 6. The molecule has 0 unspecified atom stereocenters.